The van der Waals surface area contributed by atoms with Gasteiger partial charge in [0.25, 0.3) is 0 Å². The first-order valence-electron chi connectivity index (χ1n) is 7.24. The highest BCUT2D eigenvalue weighted by molar-refractivity contribution is 5.49. The Hall–Kier alpha value is -1.94. The molecule has 2 rings (SSSR count). The molecule has 0 amide bonds. The summed E-state index contributed by atoms with van der Waals surface area (Å²) in [5, 5.41) is 3.29. The largest absolute Gasteiger partial charge is 0.368 e. The Balaban J connectivity index is 2.13. The second kappa shape index (κ2) is 7.18. The summed E-state index contributed by atoms with van der Waals surface area (Å²) in [7, 11) is 1.89. The summed E-state index contributed by atoms with van der Waals surface area (Å²) in [6.45, 7) is 5.58. The molecular formula is C17H22FN3. The van der Waals surface area contributed by atoms with Gasteiger partial charge >= 0.3 is 0 Å². The van der Waals surface area contributed by atoms with E-state index in [0.29, 0.717) is 12.2 Å². The van der Waals surface area contributed by atoms with Gasteiger partial charge in [-0.05, 0) is 42.8 Å². The monoisotopic (exact) mass is 287 g/mol. The van der Waals surface area contributed by atoms with E-state index >= 15 is 0 Å². The molecule has 112 valence electrons. The van der Waals surface area contributed by atoms with Crippen LogP contribution in [0.3, 0.4) is 0 Å². The van der Waals surface area contributed by atoms with Crippen LogP contribution >= 0.6 is 0 Å². The number of pyridine rings is 1. The van der Waals surface area contributed by atoms with Crippen molar-refractivity contribution in [3.8, 4) is 0 Å². The molecule has 0 aliphatic heterocycles. The van der Waals surface area contributed by atoms with Crippen molar-refractivity contribution in [2.45, 2.75) is 26.4 Å². The van der Waals surface area contributed by atoms with Crippen LogP contribution < -0.4 is 10.2 Å². The van der Waals surface area contributed by atoms with Gasteiger partial charge in [0.05, 0.1) is 5.69 Å². The summed E-state index contributed by atoms with van der Waals surface area (Å²) < 4.78 is 14.3. The second-order valence-corrected chi connectivity index (χ2v) is 5.21. The molecule has 0 aliphatic carbocycles. The number of hydrogen-bond acceptors (Lipinski definition) is 3. The minimum atomic E-state index is -0.191. The fourth-order valence-corrected chi connectivity index (χ4v) is 2.38. The molecule has 0 spiro atoms. The molecule has 21 heavy (non-hydrogen) atoms. The van der Waals surface area contributed by atoms with E-state index in [1.807, 2.05) is 50.1 Å². The van der Waals surface area contributed by atoms with E-state index in [-0.39, 0.29) is 11.9 Å². The maximum atomic E-state index is 14.3. The Labute approximate surface area is 125 Å². The number of nitrogens with zero attached hydrogens (tertiary/aromatic N) is 2. The van der Waals surface area contributed by atoms with E-state index in [2.05, 4.69) is 10.3 Å². The summed E-state index contributed by atoms with van der Waals surface area (Å²) in [5.74, 6) is -0.191. The SMILES string of the molecule is CCNC(C)c1ccc(N(C)Cc2cccnc2)c(F)c1. The highest BCUT2D eigenvalue weighted by Crippen LogP contribution is 2.23. The summed E-state index contributed by atoms with van der Waals surface area (Å²) >= 11 is 0. The van der Waals surface area contributed by atoms with Crippen LogP contribution in [0.5, 0.6) is 0 Å². The lowest BCUT2D eigenvalue weighted by molar-refractivity contribution is 0.581. The van der Waals surface area contributed by atoms with Crippen molar-refractivity contribution in [1.82, 2.24) is 10.3 Å². The number of rotatable bonds is 6. The summed E-state index contributed by atoms with van der Waals surface area (Å²) in [6.07, 6.45) is 3.54. The predicted molar refractivity (Wildman–Crippen MR) is 84.8 cm³/mol. The molecule has 2 aromatic rings. The van der Waals surface area contributed by atoms with Gasteiger partial charge in [0.2, 0.25) is 0 Å². The molecule has 1 unspecified atom stereocenters. The average molecular weight is 287 g/mol. The number of aromatic nitrogens is 1. The Kier molecular flexibility index (Phi) is 5.28. The lowest BCUT2D eigenvalue weighted by Gasteiger charge is -2.21. The van der Waals surface area contributed by atoms with Gasteiger partial charge < -0.3 is 10.2 Å². The van der Waals surface area contributed by atoms with Crippen LogP contribution in [-0.2, 0) is 6.54 Å². The standard InChI is InChI=1S/C17H22FN3/c1-4-20-13(2)15-7-8-17(16(18)10-15)21(3)12-14-6-5-9-19-11-14/h5-11,13,20H,4,12H2,1-3H3. The van der Waals surface area contributed by atoms with Gasteiger partial charge in [0.15, 0.2) is 0 Å². The number of anilines is 1. The van der Waals surface area contributed by atoms with Crippen molar-refractivity contribution in [2.24, 2.45) is 0 Å². The normalized spacial score (nSPS) is 12.2. The van der Waals surface area contributed by atoms with Gasteiger partial charge in [-0.2, -0.15) is 0 Å². The highest BCUT2D eigenvalue weighted by Gasteiger charge is 2.11. The van der Waals surface area contributed by atoms with Gasteiger partial charge in [-0.1, -0.05) is 19.1 Å². The maximum absolute atomic E-state index is 14.3. The van der Waals surface area contributed by atoms with Crippen LogP contribution in [0.15, 0.2) is 42.7 Å². The topological polar surface area (TPSA) is 28.2 Å². The van der Waals surface area contributed by atoms with E-state index in [4.69, 9.17) is 0 Å². The van der Waals surface area contributed by atoms with E-state index < -0.39 is 0 Å². The van der Waals surface area contributed by atoms with Crippen molar-refractivity contribution in [3.63, 3.8) is 0 Å². The van der Waals surface area contributed by atoms with Gasteiger partial charge in [0.1, 0.15) is 5.82 Å². The molecule has 0 aliphatic rings. The highest BCUT2D eigenvalue weighted by atomic mass is 19.1. The zero-order chi connectivity index (χ0) is 15.2. The molecule has 0 radical (unpaired) electrons. The number of benzene rings is 1. The Morgan fingerprint density at radius 3 is 2.76 bits per heavy atom. The van der Waals surface area contributed by atoms with Crippen LogP contribution in [-0.4, -0.2) is 18.6 Å². The summed E-state index contributed by atoms with van der Waals surface area (Å²) in [5.41, 5.74) is 2.63. The Morgan fingerprint density at radius 2 is 2.14 bits per heavy atom. The maximum Gasteiger partial charge on any atom is 0.146 e. The smallest absolute Gasteiger partial charge is 0.146 e. The van der Waals surface area contributed by atoms with E-state index in [1.165, 1.54) is 0 Å². The van der Waals surface area contributed by atoms with Gasteiger partial charge in [-0.25, -0.2) is 4.39 Å². The third-order valence-corrected chi connectivity index (χ3v) is 3.54. The zero-order valence-electron chi connectivity index (χ0n) is 12.8. The van der Waals surface area contributed by atoms with Crippen molar-refractivity contribution in [3.05, 3.63) is 59.7 Å². The van der Waals surface area contributed by atoms with Crippen molar-refractivity contribution >= 4 is 5.69 Å². The molecule has 0 bridgehead atoms. The molecule has 1 heterocycles. The fraction of sp³-hybridized carbons (Fsp3) is 0.353. The van der Waals surface area contributed by atoms with E-state index in [9.17, 15) is 4.39 Å². The van der Waals surface area contributed by atoms with Crippen molar-refractivity contribution in [1.29, 1.82) is 0 Å². The average Bonchev–Trinajstić information content (AvgIpc) is 2.48. The van der Waals surface area contributed by atoms with E-state index in [0.717, 1.165) is 17.7 Å². The lowest BCUT2D eigenvalue weighted by atomic mass is 10.1. The molecule has 1 aromatic heterocycles. The molecule has 0 saturated heterocycles. The Morgan fingerprint density at radius 1 is 1.33 bits per heavy atom. The van der Waals surface area contributed by atoms with Crippen molar-refractivity contribution in [2.75, 3.05) is 18.5 Å². The zero-order valence-corrected chi connectivity index (χ0v) is 12.8. The molecule has 1 aromatic carbocycles. The molecule has 0 saturated carbocycles. The predicted octanol–water partition coefficient (Wildman–Crippen LogP) is 3.53. The van der Waals surface area contributed by atoms with Crippen LogP contribution in [0.1, 0.15) is 31.0 Å². The van der Waals surface area contributed by atoms with E-state index in [1.54, 1.807) is 18.5 Å². The molecule has 0 fully saturated rings. The first-order chi connectivity index (χ1) is 10.1. The summed E-state index contributed by atoms with van der Waals surface area (Å²) in [4.78, 5) is 5.98. The third kappa shape index (κ3) is 4.02. The first-order valence-corrected chi connectivity index (χ1v) is 7.24. The van der Waals surface area contributed by atoms with Gasteiger partial charge in [-0.3, -0.25) is 4.98 Å². The number of halogens is 1. The number of hydrogen-bond donors (Lipinski definition) is 1. The van der Waals surface area contributed by atoms with Crippen LogP contribution in [0, 0.1) is 5.82 Å². The first kappa shape index (κ1) is 15.4. The molecule has 3 nitrogen and oxygen atoms in total. The second-order valence-electron chi connectivity index (χ2n) is 5.21. The third-order valence-electron chi connectivity index (χ3n) is 3.54. The lowest BCUT2D eigenvalue weighted by Crippen LogP contribution is -2.20. The van der Waals surface area contributed by atoms with Crippen molar-refractivity contribution < 1.29 is 4.39 Å². The van der Waals surface area contributed by atoms with Gasteiger partial charge in [-0.15, -0.1) is 0 Å². The minimum absolute atomic E-state index is 0.155. The quantitative estimate of drug-likeness (QED) is 0.881. The van der Waals surface area contributed by atoms with Crippen LogP contribution in [0.25, 0.3) is 0 Å². The van der Waals surface area contributed by atoms with Crippen LogP contribution in [0.4, 0.5) is 10.1 Å². The molecule has 1 atom stereocenters. The molecule has 1 N–H and O–H groups in total. The minimum Gasteiger partial charge on any atom is -0.368 e. The van der Waals surface area contributed by atoms with Gasteiger partial charge in [0, 0.05) is 32.0 Å². The number of nitrogens with one attached hydrogen (secondary N) is 1. The molecule has 4 heteroatoms. The fourth-order valence-electron chi connectivity index (χ4n) is 2.38. The summed E-state index contributed by atoms with van der Waals surface area (Å²) in [6, 6.07) is 9.47. The molecular weight excluding hydrogens is 265 g/mol. The van der Waals surface area contributed by atoms with Crippen LogP contribution in [0.2, 0.25) is 0 Å². The Bertz CT molecular complexity index is 572.